The maximum Gasteiger partial charge on any atom is 0.239 e. The Morgan fingerprint density at radius 3 is 2.50 bits per heavy atom. The van der Waals surface area contributed by atoms with E-state index in [1.807, 2.05) is 37.3 Å². The minimum atomic E-state index is -0.177. The van der Waals surface area contributed by atoms with Crippen molar-refractivity contribution in [2.45, 2.75) is 36.8 Å². The van der Waals surface area contributed by atoms with Crippen LogP contribution in [0.2, 0.25) is 0 Å². The molecule has 1 aromatic carbocycles. The van der Waals surface area contributed by atoms with Crippen LogP contribution < -0.4 is 5.32 Å². The SMILES string of the molecule is CC(C)c1nnc(NC(=O)[C@@H](C)Sc2ccccc2)s1. The quantitative estimate of drug-likeness (QED) is 0.854. The van der Waals surface area contributed by atoms with Crippen molar-refractivity contribution in [1.82, 2.24) is 10.2 Å². The van der Waals surface area contributed by atoms with Crippen LogP contribution in [-0.4, -0.2) is 21.4 Å². The zero-order valence-corrected chi connectivity index (χ0v) is 13.3. The summed E-state index contributed by atoms with van der Waals surface area (Å²) in [5.74, 6) is 0.277. The maximum atomic E-state index is 12.1. The van der Waals surface area contributed by atoms with Gasteiger partial charge >= 0.3 is 0 Å². The fourth-order valence-corrected chi connectivity index (χ4v) is 3.12. The molecular weight excluding hydrogens is 290 g/mol. The number of carbonyl (C=O) groups excluding carboxylic acids is 1. The summed E-state index contributed by atoms with van der Waals surface area (Å²) in [6.07, 6.45) is 0. The smallest absolute Gasteiger partial charge is 0.239 e. The van der Waals surface area contributed by atoms with Crippen LogP contribution in [0.5, 0.6) is 0 Å². The van der Waals surface area contributed by atoms with E-state index in [0.29, 0.717) is 11.0 Å². The molecule has 0 bridgehead atoms. The standard InChI is InChI=1S/C14H17N3OS2/c1-9(2)13-16-17-14(20-13)15-12(18)10(3)19-11-7-5-4-6-8-11/h4-10H,1-3H3,(H,15,17,18)/t10-/m1/s1. The number of carbonyl (C=O) groups is 1. The molecule has 0 saturated heterocycles. The molecule has 1 atom stereocenters. The number of rotatable bonds is 5. The van der Waals surface area contributed by atoms with Crippen LogP contribution in [0.1, 0.15) is 31.7 Å². The summed E-state index contributed by atoms with van der Waals surface area (Å²) in [5, 5.41) is 12.2. The molecule has 1 aromatic heterocycles. The zero-order valence-electron chi connectivity index (χ0n) is 11.7. The summed E-state index contributed by atoms with van der Waals surface area (Å²) in [6.45, 7) is 6.00. The highest BCUT2D eigenvalue weighted by atomic mass is 32.2. The van der Waals surface area contributed by atoms with Gasteiger partial charge in [0.2, 0.25) is 11.0 Å². The van der Waals surface area contributed by atoms with Gasteiger partial charge < -0.3 is 0 Å². The van der Waals surface area contributed by atoms with Gasteiger partial charge in [0.05, 0.1) is 5.25 Å². The van der Waals surface area contributed by atoms with Gasteiger partial charge in [0, 0.05) is 10.8 Å². The molecule has 0 aliphatic carbocycles. The van der Waals surface area contributed by atoms with Crippen molar-refractivity contribution in [3.63, 3.8) is 0 Å². The van der Waals surface area contributed by atoms with E-state index in [9.17, 15) is 4.79 Å². The second-order valence-electron chi connectivity index (χ2n) is 4.66. The van der Waals surface area contributed by atoms with Crippen LogP contribution in [0, 0.1) is 0 Å². The fraction of sp³-hybridized carbons (Fsp3) is 0.357. The lowest BCUT2D eigenvalue weighted by Gasteiger charge is -2.09. The highest BCUT2D eigenvalue weighted by Crippen LogP contribution is 2.26. The first kappa shape index (κ1) is 15.0. The summed E-state index contributed by atoms with van der Waals surface area (Å²) < 4.78 is 0. The second-order valence-corrected chi connectivity index (χ2v) is 7.09. The molecular formula is C14H17N3OS2. The van der Waals surface area contributed by atoms with E-state index in [2.05, 4.69) is 29.4 Å². The lowest BCUT2D eigenvalue weighted by atomic mass is 10.2. The fourth-order valence-electron chi connectivity index (χ4n) is 1.48. The Kier molecular flexibility index (Phi) is 5.14. The number of aromatic nitrogens is 2. The molecule has 0 aliphatic rings. The monoisotopic (exact) mass is 307 g/mol. The lowest BCUT2D eigenvalue weighted by Crippen LogP contribution is -2.22. The first-order chi connectivity index (χ1) is 9.56. The first-order valence-electron chi connectivity index (χ1n) is 6.42. The van der Waals surface area contributed by atoms with Crippen molar-refractivity contribution in [3.8, 4) is 0 Å². The van der Waals surface area contributed by atoms with Crippen molar-refractivity contribution in [2.24, 2.45) is 0 Å². The van der Waals surface area contributed by atoms with Gasteiger partial charge in [-0.15, -0.1) is 22.0 Å². The normalized spacial score (nSPS) is 12.4. The number of benzene rings is 1. The van der Waals surface area contributed by atoms with Gasteiger partial charge in [-0.05, 0) is 19.1 Å². The minimum Gasteiger partial charge on any atom is -0.300 e. The van der Waals surface area contributed by atoms with Crippen LogP contribution in [-0.2, 0) is 4.79 Å². The molecule has 1 amide bonds. The Labute approximate surface area is 127 Å². The molecule has 4 nitrogen and oxygen atoms in total. The molecule has 6 heteroatoms. The Morgan fingerprint density at radius 2 is 1.90 bits per heavy atom. The first-order valence-corrected chi connectivity index (χ1v) is 8.12. The Bertz CT molecular complexity index is 569. The molecule has 20 heavy (non-hydrogen) atoms. The van der Waals surface area contributed by atoms with E-state index >= 15 is 0 Å². The largest absolute Gasteiger partial charge is 0.300 e. The van der Waals surface area contributed by atoms with E-state index in [0.717, 1.165) is 9.90 Å². The zero-order chi connectivity index (χ0) is 14.5. The Balaban J connectivity index is 1.93. The van der Waals surface area contributed by atoms with Crippen LogP contribution in [0.4, 0.5) is 5.13 Å². The van der Waals surface area contributed by atoms with Crippen molar-refractivity contribution >= 4 is 34.1 Å². The summed E-state index contributed by atoms with van der Waals surface area (Å²) in [4.78, 5) is 13.2. The van der Waals surface area contributed by atoms with Crippen molar-refractivity contribution in [1.29, 1.82) is 0 Å². The lowest BCUT2D eigenvalue weighted by molar-refractivity contribution is -0.115. The number of nitrogens with one attached hydrogen (secondary N) is 1. The van der Waals surface area contributed by atoms with E-state index in [4.69, 9.17) is 0 Å². The number of nitrogens with zero attached hydrogens (tertiary/aromatic N) is 2. The predicted molar refractivity (Wildman–Crippen MR) is 84.4 cm³/mol. The number of hydrogen-bond acceptors (Lipinski definition) is 5. The van der Waals surface area contributed by atoms with E-state index in [-0.39, 0.29) is 11.2 Å². The van der Waals surface area contributed by atoms with E-state index in [1.54, 1.807) is 0 Å². The summed E-state index contributed by atoms with van der Waals surface area (Å²) in [7, 11) is 0. The second kappa shape index (κ2) is 6.85. The van der Waals surface area contributed by atoms with Crippen molar-refractivity contribution in [2.75, 3.05) is 5.32 Å². The molecule has 2 rings (SSSR count). The van der Waals surface area contributed by atoms with Gasteiger partial charge in [-0.1, -0.05) is 43.4 Å². The minimum absolute atomic E-state index is 0.0506. The van der Waals surface area contributed by atoms with Gasteiger partial charge in [0.1, 0.15) is 5.01 Å². The molecule has 0 saturated carbocycles. The Hall–Kier alpha value is -1.40. The average molecular weight is 307 g/mol. The summed E-state index contributed by atoms with van der Waals surface area (Å²) in [5.41, 5.74) is 0. The third-order valence-corrected chi connectivity index (χ3v) is 4.84. The molecule has 1 N–H and O–H groups in total. The van der Waals surface area contributed by atoms with Gasteiger partial charge in [0.15, 0.2) is 0 Å². The number of thioether (sulfide) groups is 1. The highest BCUT2D eigenvalue weighted by molar-refractivity contribution is 8.00. The van der Waals surface area contributed by atoms with Gasteiger partial charge in [-0.25, -0.2) is 0 Å². The number of hydrogen-bond donors (Lipinski definition) is 1. The third-order valence-electron chi connectivity index (χ3n) is 2.59. The predicted octanol–water partition coefficient (Wildman–Crippen LogP) is 3.78. The number of amides is 1. The van der Waals surface area contributed by atoms with Gasteiger partial charge in [-0.3, -0.25) is 10.1 Å². The van der Waals surface area contributed by atoms with Crippen LogP contribution in [0.25, 0.3) is 0 Å². The average Bonchev–Trinajstić information content (AvgIpc) is 2.88. The maximum absolute atomic E-state index is 12.1. The van der Waals surface area contributed by atoms with Crippen molar-refractivity contribution < 1.29 is 4.79 Å². The molecule has 0 aliphatic heterocycles. The van der Waals surface area contributed by atoms with Crippen LogP contribution in [0.3, 0.4) is 0 Å². The molecule has 2 aromatic rings. The summed E-state index contributed by atoms with van der Waals surface area (Å²) >= 11 is 2.96. The van der Waals surface area contributed by atoms with Crippen LogP contribution in [0.15, 0.2) is 35.2 Å². The molecule has 106 valence electrons. The van der Waals surface area contributed by atoms with E-state index in [1.165, 1.54) is 23.1 Å². The topological polar surface area (TPSA) is 54.9 Å². The molecule has 1 heterocycles. The molecule has 0 fully saturated rings. The number of anilines is 1. The third kappa shape index (κ3) is 4.05. The molecule has 0 unspecified atom stereocenters. The van der Waals surface area contributed by atoms with Crippen molar-refractivity contribution in [3.05, 3.63) is 35.3 Å². The Morgan fingerprint density at radius 1 is 1.20 bits per heavy atom. The summed E-state index contributed by atoms with van der Waals surface area (Å²) in [6, 6.07) is 9.88. The molecule has 0 spiro atoms. The van der Waals surface area contributed by atoms with Gasteiger partial charge in [0.25, 0.3) is 0 Å². The van der Waals surface area contributed by atoms with E-state index < -0.39 is 0 Å². The molecule has 0 radical (unpaired) electrons. The highest BCUT2D eigenvalue weighted by Gasteiger charge is 2.17. The van der Waals surface area contributed by atoms with Crippen LogP contribution >= 0.6 is 23.1 Å². The van der Waals surface area contributed by atoms with Gasteiger partial charge in [-0.2, -0.15) is 0 Å².